The lowest BCUT2D eigenvalue weighted by Crippen LogP contribution is -2.11. The van der Waals surface area contributed by atoms with E-state index in [0.717, 1.165) is 5.39 Å². The Bertz CT molecular complexity index is 836. The number of aromatic amines is 1. The molecule has 3 aromatic rings. The summed E-state index contributed by atoms with van der Waals surface area (Å²) in [5.74, 6) is -0.280. The quantitative estimate of drug-likeness (QED) is 0.724. The van der Waals surface area contributed by atoms with Crippen molar-refractivity contribution in [3.8, 4) is 0 Å². The van der Waals surface area contributed by atoms with Crippen molar-refractivity contribution in [2.24, 2.45) is 0 Å². The first-order chi connectivity index (χ1) is 10.1. The predicted octanol–water partition coefficient (Wildman–Crippen LogP) is 3.02. The Balaban J connectivity index is 1.90. The molecule has 0 aliphatic rings. The van der Waals surface area contributed by atoms with Gasteiger partial charge in [0.05, 0.1) is 5.56 Å². The Morgan fingerprint density at radius 2 is 2.05 bits per heavy atom. The average Bonchev–Trinajstić information content (AvgIpc) is 2.91. The number of rotatable bonds is 3. The van der Waals surface area contributed by atoms with Crippen LogP contribution in [0.15, 0.2) is 48.8 Å². The van der Waals surface area contributed by atoms with Crippen LogP contribution in [-0.2, 0) is 0 Å². The van der Waals surface area contributed by atoms with E-state index in [0.29, 0.717) is 22.5 Å². The monoisotopic (exact) mass is 279 g/mol. The van der Waals surface area contributed by atoms with Crippen LogP contribution >= 0.6 is 0 Å². The summed E-state index contributed by atoms with van der Waals surface area (Å²) in [6.07, 6.45) is 3.29. The third-order valence-electron chi connectivity index (χ3n) is 3.22. The summed E-state index contributed by atoms with van der Waals surface area (Å²) in [4.78, 5) is 30.8. The van der Waals surface area contributed by atoms with Crippen molar-refractivity contribution in [2.75, 3.05) is 5.32 Å². The molecule has 0 saturated carbocycles. The predicted molar refractivity (Wildman–Crippen MR) is 80.5 cm³/mol. The van der Waals surface area contributed by atoms with Crippen LogP contribution in [0.3, 0.4) is 0 Å². The van der Waals surface area contributed by atoms with E-state index in [-0.39, 0.29) is 11.7 Å². The van der Waals surface area contributed by atoms with E-state index in [4.69, 9.17) is 0 Å². The number of Topliss-reactive ketones (excluding diaryl/α,β-unsaturated/α-hetero) is 1. The van der Waals surface area contributed by atoms with Crippen molar-refractivity contribution < 1.29 is 9.59 Å². The van der Waals surface area contributed by atoms with E-state index < -0.39 is 0 Å². The second-order valence-electron chi connectivity index (χ2n) is 4.69. The number of ketones is 1. The van der Waals surface area contributed by atoms with Gasteiger partial charge < -0.3 is 10.3 Å². The summed E-state index contributed by atoms with van der Waals surface area (Å²) in [5.41, 5.74) is 2.34. The minimum Gasteiger partial charge on any atom is -0.345 e. The SMILES string of the molecule is CC(=O)c1cccc(NC(=O)c2c[nH]c3ncccc23)c1. The molecule has 0 radical (unpaired) electrons. The van der Waals surface area contributed by atoms with Crippen LogP contribution in [0.2, 0.25) is 0 Å². The Labute approximate surface area is 121 Å². The van der Waals surface area contributed by atoms with Crippen molar-refractivity contribution in [1.82, 2.24) is 9.97 Å². The van der Waals surface area contributed by atoms with Crippen LogP contribution in [0.1, 0.15) is 27.6 Å². The first kappa shape index (κ1) is 13.1. The first-order valence-electron chi connectivity index (χ1n) is 6.49. The molecular weight excluding hydrogens is 266 g/mol. The molecule has 1 amide bonds. The number of anilines is 1. The molecule has 0 saturated heterocycles. The van der Waals surface area contributed by atoms with E-state index in [9.17, 15) is 9.59 Å². The Morgan fingerprint density at radius 3 is 2.86 bits per heavy atom. The Kier molecular flexibility index (Phi) is 3.23. The van der Waals surface area contributed by atoms with Gasteiger partial charge in [-0.25, -0.2) is 4.98 Å². The lowest BCUT2D eigenvalue weighted by Gasteiger charge is -2.05. The van der Waals surface area contributed by atoms with Crippen molar-refractivity contribution in [3.63, 3.8) is 0 Å². The number of benzene rings is 1. The summed E-state index contributed by atoms with van der Waals surface area (Å²) in [6.45, 7) is 1.49. The first-order valence-corrected chi connectivity index (χ1v) is 6.49. The lowest BCUT2D eigenvalue weighted by atomic mass is 10.1. The number of pyridine rings is 1. The standard InChI is InChI=1S/C16H13N3O2/c1-10(20)11-4-2-5-12(8-11)19-16(21)14-9-18-15-13(14)6-3-7-17-15/h2-9H,1H3,(H,17,18)(H,19,21). The second-order valence-corrected chi connectivity index (χ2v) is 4.69. The third-order valence-corrected chi connectivity index (χ3v) is 3.22. The number of aromatic nitrogens is 2. The van der Waals surface area contributed by atoms with Crippen molar-refractivity contribution in [3.05, 3.63) is 59.9 Å². The highest BCUT2D eigenvalue weighted by Gasteiger charge is 2.12. The van der Waals surface area contributed by atoms with Gasteiger partial charge in [-0.3, -0.25) is 9.59 Å². The fraction of sp³-hybridized carbons (Fsp3) is 0.0625. The molecule has 0 bridgehead atoms. The van der Waals surface area contributed by atoms with Gasteiger partial charge >= 0.3 is 0 Å². The number of carbonyl (C=O) groups excluding carboxylic acids is 2. The second kappa shape index (κ2) is 5.20. The van der Waals surface area contributed by atoms with Crippen molar-refractivity contribution in [1.29, 1.82) is 0 Å². The van der Waals surface area contributed by atoms with Gasteiger partial charge in [-0.2, -0.15) is 0 Å². The van der Waals surface area contributed by atoms with Crippen LogP contribution < -0.4 is 5.32 Å². The van der Waals surface area contributed by atoms with E-state index in [1.807, 2.05) is 6.07 Å². The number of fused-ring (bicyclic) bond motifs is 1. The zero-order valence-electron chi connectivity index (χ0n) is 11.4. The molecule has 0 aliphatic heterocycles. The van der Waals surface area contributed by atoms with Crippen LogP contribution in [0, 0.1) is 0 Å². The topological polar surface area (TPSA) is 74.8 Å². The molecule has 0 atom stereocenters. The van der Waals surface area contributed by atoms with Crippen LogP contribution in [0.25, 0.3) is 11.0 Å². The molecule has 21 heavy (non-hydrogen) atoms. The number of H-pyrrole nitrogens is 1. The molecule has 0 fully saturated rings. The van der Waals surface area contributed by atoms with Gasteiger partial charge in [0.15, 0.2) is 5.78 Å². The van der Waals surface area contributed by atoms with Crippen LogP contribution in [0.5, 0.6) is 0 Å². The van der Waals surface area contributed by atoms with Crippen molar-refractivity contribution in [2.45, 2.75) is 6.92 Å². The molecule has 2 heterocycles. The van der Waals surface area contributed by atoms with E-state index in [2.05, 4.69) is 15.3 Å². The van der Waals surface area contributed by atoms with E-state index >= 15 is 0 Å². The van der Waals surface area contributed by atoms with Gasteiger partial charge in [-0.1, -0.05) is 12.1 Å². The lowest BCUT2D eigenvalue weighted by molar-refractivity contribution is 0.101. The summed E-state index contributed by atoms with van der Waals surface area (Å²) < 4.78 is 0. The van der Waals surface area contributed by atoms with Gasteiger partial charge in [0.2, 0.25) is 0 Å². The number of carbonyl (C=O) groups is 2. The number of hydrogen-bond acceptors (Lipinski definition) is 3. The number of amides is 1. The van der Waals surface area contributed by atoms with Crippen molar-refractivity contribution >= 4 is 28.4 Å². The third kappa shape index (κ3) is 2.53. The largest absolute Gasteiger partial charge is 0.345 e. The van der Waals surface area contributed by atoms with E-state index in [1.54, 1.807) is 42.7 Å². The van der Waals surface area contributed by atoms with Crippen LogP contribution in [0.4, 0.5) is 5.69 Å². The molecule has 0 unspecified atom stereocenters. The molecule has 1 aromatic carbocycles. The summed E-state index contributed by atoms with van der Waals surface area (Å²) in [7, 11) is 0. The zero-order valence-corrected chi connectivity index (χ0v) is 11.4. The number of hydrogen-bond donors (Lipinski definition) is 2. The molecule has 5 nitrogen and oxygen atoms in total. The molecule has 0 spiro atoms. The normalized spacial score (nSPS) is 10.5. The van der Waals surface area contributed by atoms with Gasteiger partial charge in [0, 0.05) is 29.0 Å². The highest BCUT2D eigenvalue weighted by Crippen LogP contribution is 2.18. The molecular formula is C16H13N3O2. The van der Waals surface area contributed by atoms with Gasteiger partial charge in [-0.15, -0.1) is 0 Å². The Morgan fingerprint density at radius 1 is 1.19 bits per heavy atom. The number of nitrogens with zero attached hydrogens (tertiary/aromatic N) is 1. The van der Waals surface area contributed by atoms with Gasteiger partial charge in [0.1, 0.15) is 5.65 Å². The summed E-state index contributed by atoms with van der Waals surface area (Å²) in [6, 6.07) is 10.5. The molecule has 104 valence electrons. The fourth-order valence-electron chi connectivity index (χ4n) is 2.16. The maximum atomic E-state index is 12.3. The zero-order chi connectivity index (χ0) is 14.8. The summed E-state index contributed by atoms with van der Waals surface area (Å²) >= 11 is 0. The highest BCUT2D eigenvalue weighted by molar-refractivity contribution is 6.12. The maximum Gasteiger partial charge on any atom is 0.257 e. The fourth-order valence-corrected chi connectivity index (χ4v) is 2.16. The average molecular weight is 279 g/mol. The molecule has 2 N–H and O–H groups in total. The molecule has 0 aliphatic carbocycles. The minimum absolute atomic E-state index is 0.0395. The number of nitrogens with one attached hydrogen (secondary N) is 2. The molecule has 5 heteroatoms. The van der Waals surface area contributed by atoms with Crippen LogP contribution in [-0.4, -0.2) is 21.7 Å². The highest BCUT2D eigenvalue weighted by atomic mass is 16.1. The molecule has 2 aromatic heterocycles. The minimum atomic E-state index is -0.241. The summed E-state index contributed by atoms with van der Waals surface area (Å²) in [5, 5.41) is 3.55. The van der Waals surface area contributed by atoms with Gasteiger partial charge in [0.25, 0.3) is 5.91 Å². The maximum absolute atomic E-state index is 12.3. The smallest absolute Gasteiger partial charge is 0.257 e. The molecule has 3 rings (SSSR count). The Hall–Kier alpha value is -2.95. The van der Waals surface area contributed by atoms with E-state index in [1.165, 1.54) is 6.92 Å². The van der Waals surface area contributed by atoms with Gasteiger partial charge in [-0.05, 0) is 31.2 Å².